The van der Waals surface area contributed by atoms with E-state index in [1.165, 1.54) is 11.9 Å². The molecule has 0 aliphatic rings. The van der Waals surface area contributed by atoms with E-state index in [1.54, 1.807) is 31.2 Å². The molecule has 0 spiro atoms. The summed E-state index contributed by atoms with van der Waals surface area (Å²) in [4.78, 5) is 26.4. The Morgan fingerprint density at radius 1 is 1.21 bits per heavy atom. The molecule has 0 bridgehead atoms. The van der Waals surface area contributed by atoms with Crippen molar-refractivity contribution in [3.63, 3.8) is 0 Å². The quantitative estimate of drug-likeness (QED) is 0.620. The first-order valence-electron chi connectivity index (χ1n) is 8.57. The monoisotopic (exact) mass is 486 g/mol. The van der Waals surface area contributed by atoms with Crippen molar-refractivity contribution < 1.29 is 14.3 Å². The number of benzene rings is 2. The molecule has 8 heteroatoms. The Bertz CT molecular complexity index is 877. The maximum atomic E-state index is 12.9. The molecule has 150 valence electrons. The first-order chi connectivity index (χ1) is 13.2. The Morgan fingerprint density at radius 3 is 2.54 bits per heavy atom. The minimum Gasteiger partial charge on any atom is -0.484 e. The molecule has 0 aliphatic heterocycles. The van der Waals surface area contributed by atoms with Gasteiger partial charge in [-0.3, -0.25) is 9.59 Å². The number of aryl methyl sites for hydroxylation is 1. The highest BCUT2D eigenvalue weighted by atomic mass is 79.9. The molecule has 0 saturated carbocycles. The normalized spacial score (nSPS) is 11.6. The van der Waals surface area contributed by atoms with Crippen molar-refractivity contribution in [2.75, 3.05) is 13.7 Å². The molecule has 1 N–H and O–H groups in total. The SMILES string of the molecule is CNC(=O)[C@H](C)N(Cc1ccc(Cl)cc1Cl)C(=O)COc1ccc(Br)c(C)c1. The second kappa shape index (κ2) is 10.1. The number of rotatable bonds is 7. The number of carbonyl (C=O) groups excluding carboxylic acids is 2. The number of nitrogens with zero attached hydrogens (tertiary/aromatic N) is 1. The molecule has 28 heavy (non-hydrogen) atoms. The van der Waals surface area contributed by atoms with Crippen molar-refractivity contribution >= 4 is 50.9 Å². The lowest BCUT2D eigenvalue weighted by Crippen LogP contribution is -2.48. The smallest absolute Gasteiger partial charge is 0.261 e. The molecule has 0 fully saturated rings. The van der Waals surface area contributed by atoms with Gasteiger partial charge in [-0.1, -0.05) is 45.2 Å². The maximum Gasteiger partial charge on any atom is 0.261 e. The van der Waals surface area contributed by atoms with Crippen LogP contribution in [0.1, 0.15) is 18.1 Å². The van der Waals surface area contributed by atoms with Gasteiger partial charge in [0.2, 0.25) is 5.91 Å². The Hall–Kier alpha value is -1.76. The molecule has 0 saturated heterocycles. The highest BCUT2D eigenvalue weighted by Crippen LogP contribution is 2.24. The molecule has 0 heterocycles. The lowest BCUT2D eigenvalue weighted by molar-refractivity contribution is -0.142. The van der Waals surface area contributed by atoms with E-state index < -0.39 is 6.04 Å². The lowest BCUT2D eigenvalue weighted by Gasteiger charge is -2.28. The second-order valence-corrected chi connectivity index (χ2v) is 7.95. The number of hydrogen-bond acceptors (Lipinski definition) is 3. The van der Waals surface area contributed by atoms with Crippen LogP contribution in [0.25, 0.3) is 0 Å². The Morgan fingerprint density at radius 2 is 1.93 bits per heavy atom. The van der Waals surface area contributed by atoms with E-state index in [2.05, 4.69) is 21.2 Å². The summed E-state index contributed by atoms with van der Waals surface area (Å²) in [7, 11) is 1.53. The Labute approximate surface area is 183 Å². The number of ether oxygens (including phenoxy) is 1. The fraction of sp³-hybridized carbons (Fsp3) is 0.300. The van der Waals surface area contributed by atoms with Crippen molar-refractivity contribution in [3.8, 4) is 5.75 Å². The van der Waals surface area contributed by atoms with E-state index in [1.807, 2.05) is 19.1 Å². The van der Waals surface area contributed by atoms with Gasteiger partial charge >= 0.3 is 0 Å². The number of halogens is 3. The van der Waals surface area contributed by atoms with E-state index >= 15 is 0 Å². The Kier molecular flexibility index (Phi) is 8.16. The van der Waals surface area contributed by atoms with Gasteiger partial charge in [0, 0.05) is 28.1 Å². The third kappa shape index (κ3) is 5.87. The van der Waals surface area contributed by atoms with E-state index in [-0.39, 0.29) is 25.0 Å². The lowest BCUT2D eigenvalue weighted by atomic mass is 10.1. The molecule has 2 rings (SSSR count). The standard InChI is InChI=1S/C20H21BrCl2N2O3/c1-12-8-16(6-7-17(12)21)28-11-19(26)25(13(2)20(27)24-3)10-14-4-5-15(22)9-18(14)23/h4-9,13H,10-11H2,1-3H3,(H,24,27)/t13-/m0/s1. The molecular formula is C20H21BrCl2N2O3. The van der Waals surface area contributed by atoms with Crippen molar-refractivity contribution in [2.45, 2.75) is 26.4 Å². The number of hydrogen-bond donors (Lipinski definition) is 1. The van der Waals surface area contributed by atoms with E-state index in [0.29, 0.717) is 21.4 Å². The van der Waals surface area contributed by atoms with Crippen molar-refractivity contribution in [1.82, 2.24) is 10.2 Å². The van der Waals surface area contributed by atoms with Crippen LogP contribution in [0.5, 0.6) is 5.75 Å². The van der Waals surface area contributed by atoms with Crippen LogP contribution in [-0.4, -0.2) is 36.4 Å². The average molecular weight is 488 g/mol. The van der Waals surface area contributed by atoms with Crippen molar-refractivity contribution in [3.05, 3.63) is 62.0 Å². The number of likely N-dealkylation sites (N-methyl/N-ethyl adjacent to an activating group) is 1. The summed E-state index contributed by atoms with van der Waals surface area (Å²) < 4.78 is 6.59. The van der Waals surface area contributed by atoms with Gasteiger partial charge in [-0.15, -0.1) is 0 Å². The summed E-state index contributed by atoms with van der Waals surface area (Å²) >= 11 is 15.6. The summed E-state index contributed by atoms with van der Waals surface area (Å²) in [6.45, 7) is 3.55. The van der Waals surface area contributed by atoms with Gasteiger partial charge in [0.1, 0.15) is 11.8 Å². The summed E-state index contributed by atoms with van der Waals surface area (Å²) in [5.41, 5.74) is 1.68. The molecule has 2 aromatic rings. The van der Waals surface area contributed by atoms with Crippen LogP contribution in [0.15, 0.2) is 40.9 Å². The highest BCUT2D eigenvalue weighted by molar-refractivity contribution is 9.10. The van der Waals surface area contributed by atoms with Gasteiger partial charge in [0.05, 0.1) is 0 Å². The van der Waals surface area contributed by atoms with Crippen LogP contribution in [0.3, 0.4) is 0 Å². The molecule has 2 aromatic carbocycles. The van der Waals surface area contributed by atoms with Gasteiger partial charge in [-0.05, 0) is 55.3 Å². The Balaban J connectivity index is 2.18. The van der Waals surface area contributed by atoms with Gasteiger partial charge in [0.25, 0.3) is 5.91 Å². The molecule has 0 aliphatic carbocycles. The van der Waals surface area contributed by atoms with Gasteiger partial charge in [-0.25, -0.2) is 0 Å². The molecule has 5 nitrogen and oxygen atoms in total. The number of amides is 2. The summed E-state index contributed by atoms with van der Waals surface area (Å²) in [5, 5.41) is 3.49. The molecular weight excluding hydrogens is 467 g/mol. The van der Waals surface area contributed by atoms with Crippen LogP contribution in [-0.2, 0) is 16.1 Å². The topological polar surface area (TPSA) is 58.6 Å². The van der Waals surface area contributed by atoms with Gasteiger partial charge < -0.3 is 15.0 Å². The largest absolute Gasteiger partial charge is 0.484 e. The fourth-order valence-electron chi connectivity index (χ4n) is 2.56. The molecule has 0 unspecified atom stereocenters. The van der Waals surface area contributed by atoms with Gasteiger partial charge in [-0.2, -0.15) is 0 Å². The first-order valence-corrected chi connectivity index (χ1v) is 10.1. The number of nitrogens with one attached hydrogen (secondary N) is 1. The second-order valence-electron chi connectivity index (χ2n) is 6.25. The minimum absolute atomic E-state index is 0.159. The highest BCUT2D eigenvalue weighted by Gasteiger charge is 2.26. The first kappa shape index (κ1) is 22.5. The van der Waals surface area contributed by atoms with Crippen LogP contribution in [0.2, 0.25) is 10.0 Å². The zero-order valence-corrected chi connectivity index (χ0v) is 18.9. The zero-order valence-electron chi connectivity index (χ0n) is 15.8. The van der Waals surface area contributed by atoms with Crippen molar-refractivity contribution in [1.29, 1.82) is 0 Å². The molecule has 0 radical (unpaired) electrons. The molecule has 1 atom stereocenters. The predicted molar refractivity (Wildman–Crippen MR) is 115 cm³/mol. The third-order valence-electron chi connectivity index (χ3n) is 4.26. The predicted octanol–water partition coefficient (Wildman–Crippen LogP) is 4.61. The average Bonchev–Trinajstić information content (AvgIpc) is 2.67. The number of carbonyl (C=O) groups is 2. The molecule has 0 aromatic heterocycles. The van der Waals surface area contributed by atoms with E-state index in [9.17, 15) is 9.59 Å². The molecule has 2 amide bonds. The summed E-state index contributed by atoms with van der Waals surface area (Å²) in [5.74, 6) is -0.0354. The van der Waals surface area contributed by atoms with Crippen LogP contribution in [0, 0.1) is 6.92 Å². The van der Waals surface area contributed by atoms with E-state index in [4.69, 9.17) is 27.9 Å². The minimum atomic E-state index is -0.695. The van der Waals surface area contributed by atoms with Crippen molar-refractivity contribution in [2.24, 2.45) is 0 Å². The fourth-order valence-corrected chi connectivity index (χ4v) is 3.27. The summed E-state index contributed by atoms with van der Waals surface area (Å²) in [6, 6.07) is 9.80. The van der Waals surface area contributed by atoms with Gasteiger partial charge in [0.15, 0.2) is 6.61 Å². The van der Waals surface area contributed by atoms with Crippen LogP contribution < -0.4 is 10.1 Å². The summed E-state index contributed by atoms with van der Waals surface area (Å²) in [6.07, 6.45) is 0. The van der Waals surface area contributed by atoms with E-state index in [0.717, 1.165) is 10.0 Å². The third-order valence-corrected chi connectivity index (χ3v) is 5.74. The maximum absolute atomic E-state index is 12.9. The zero-order chi connectivity index (χ0) is 20.8. The van der Waals surface area contributed by atoms with Crippen LogP contribution >= 0.6 is 39.1 Å². The van der Waals surface area contributed by atoms with Crippen LogP contribution in [0.4, 0.5) is 0 Å².